The molecule has 1 fully saturated rings. The van der Waals surface area contributed by atoms with E-state index in [4.69, 9.17) is 4.74 Å². The van der Waals surface area contributed by atoms with Crippen molar-refractivity contribution in [2.45, 2.75) is 57.4 Å². The summed E-state index contributed by atoms with van der Waals surface area (Å²) in [5, 5.41) is 4.41. The zero-order chi connectivity index (χ0) is 19.6. The van der Waals surface area contributed by atoms with Crippen molar-refractivity contribution in [2.24, 2.45) is 0 Å². The minimum Gasteiger partial charge on any atom is -0.497 e. The lowest BCUT2D eigenvalue weighted by Crippen LogP contribution is -2.34. The van der Waals surface area contributed by atoms with Crippen LogP contribution in [0.2, 0.25) is 0 Å². The standard InChI is InChI=1S/C20H29N3O3S/c1-5-23-16(3)20(15(2)21-23)27(24,25)22-13-7-6-8-18(14-22)17-9-11-19(26-4)12-10-17/h9-12,18H,5-8,13-14H2,1-4H3/t18-/m1/s1. The van der Waals surface area contributed by atoms with Gasteiger partial charge in [0.05, 0.1) is 18.5 Å². The summed E-state index contributed by atoms with van der Waals surface area (Å²) < 4.78 is 35.5. The summed E-state index contributed by atoms with van der Waals surface area (Å²) in [4.78, 5) is 0.375. The predicted molar refractivity (Wildman–Crippen MR) is 106 cm³/mol. The van der Waals surface area contributed by atoms with Gasteiger partial charge < -0.3 is 4.74 Å². The van der Waals surface area contributed by atoms with Crippen LogP contribution in [0.3, 0.4) is 0 Å². The molecule has 3 rings (SSSR count). The van der Waals surface area contributed by atoms with Crippen LogP contribution in [-0.4, -0.2) is 42.7 Å². The van der Waals surface area contributed by atoms with E-state index in [1.165, 1.54) is 0 Å². The maximum absolute atomic E-state index is 13.4. The third kappa shape index (κ3) is 3.89. The molecule has 1 aromatic heterocycles. The first-order valence-corrected chi connectivity index (χ1v) is 11.0. The number of nitrogens with zero attached hydrogens (tertiary/aromatic N) is 3. The fraction of sp³-hybridized carbons (Fsp3) is 0.550. The summed E-state index contributed by atoms with van der Waals surface area (Å²) in [5.74, 6) is 1.00. The van der Waals surface area contributed by atoms with Crippen LogP contribution < -0.4 is 4.74 Å². The summed E-state index contributed by atoms with van der Waals surface area (Å²) in [5.41, 5.74) is 2.47. The lowest BCUT2D eigenvalue weighted by Gasteiger charge is -2.24. The van der Waals surface area contributed by atoms with Crippen molar-refractivity contribution >= 4 is 10.0 Å². The quantitative estimate of drug-likeness (QED) is 0.783. The van der Waals surface area contributed by atoms with Crippen molar-refractivity contribution in [3.8, 4) is 5.75 Å². The highest BCUT2D eigenvalue weighted by molar-refractivity contribution is 7.89. The molecule has 6 nitrogen and oxygen atoms in total. The molecule has 1 aromatic carbocycles. The molecule has 1 aliphatic heterocycles. The number of ether oxygens (including phenoxy) is 1. The largest absolute Gasteiger partial charge is 0.497 e. The van der Waals surface area contributed by atoms with E-state index >= 15 is 0 Å². The first-order chi connectivity index (χ1) is 12.9. The van der Waals surface area contributed by atoms with Crippen molar-refractivity contribution in [3.05, 3.63) is 41.2 Å². The van der Waals surface area contributed by atoms with Gasteiger partial charge in [0, 0.05) is 19.6 Å². The molecular weight excluding hydrogens is 362 g/mol. The third-order valence-electron chi connectivity index (χ3n) is 5.43. The van der Waals surface area contributed by atoms with Gasteiger partial charge in [-0.05, 0) is 57.2 Å². The smallest absolute Gasteiger partial charge is 0.246 e. The lowest BCUT2D eigenvalue weighted by molar-refractivity contribution is 0.404. The molecular formula is C20H29N3O3S. The molecule has 0 aliphatic carbocycles. The first kappa shape index (κ1) is 19.9. The molecule has 1 saturated heterocycles. The van der Waals surface area contributed by atoms with Crippen LogP contribution in [-0.2, 0) is 16.6 Å². The Hall–Kier alpha value is -1.86. The van der Waals surface area contributed by atoms with Crippen molar-refractivity contribution in [3.63, 3.8) is 0 Å². The second kappa shape index (κ2) is 8.02. The molecule has 27 heavy (non-hydrogen) atoms. The number of rotatable bonds is 5. The van der Waals surface area contributed by atoms with Crippen LogP contribution >= 0.6 is 0 Å². The Morgan fingerprint density at radius 3 is 2.48 bits per heavy atom. The summed E-state index contributed by atoms with van der Waals surface area (Å²) in [7, 11) is -1.92. The highest BCUT2D eigenvalue weighted by Gasteiger charge is 2.33. The average molecular weight is 392 g/mol. The second-order valence-corrected chi connectivity index (χ2v) is 9.02. The Kier molecular flexibility index (Phi) is 5.91. The molecule has 148 valence electrons. The molecule has 0 radical (unpaired) electrons. The Morgan fingerprint density at radius 2 is 1.89 bits per heavy atom. The van der Waals surface area contributed by atoms with Crippen LogP contribution in [0, 0.1) is 13.8 Å². The highest BCUT2D eigenvalue weighted by Crippen LogP contribution is 2.32. The van der Waals surface area contributed by atoms with E-state index < -0.39 is 10.0 Å². The SMILES string of the molecule is CCn1nc(C)c(S(=O)(=O)N2CCCC[C@@H](c3ccc(OC)cc3)C2)c1C. The molecule has 0 N–H and O–H groups in total. The monoisotopic (exact) mass is 391 g/mol. The van der Waals surface area contributed by atoms with Crippen molar-refractivity contribution < 1.29 is 13.2 Å². The predicted octanol–water partition coefficient (Wildman–Crippen LogP) is 3.49. The number of hydrogen-bond acceptors (Lipinski definition) is 4. The molecule has 7 heteroatoms. The summed E-state index contributed by atoms with van der Waals surface area (Å²) in [6, 6.07) is 7.98. The average Bonchev–Trinajstić information content (AvgIpc) is 2.83. The molecule has 2 aromatic rings. The van der Waals surface area contributed by atoms with Gasteiger partial charge in [-0.25, -0.2) is 8.42 Å². The number of aromatic nitrogens is 2. The Morgan fingerprint density at radius 1 is 1.19 bits per heavy atom. The van der Waals surface area contributed by atoms with Crippen LogP contribution in [0.4, 0.5) is 0 Å². The second-order valence-electron chi connectivity index (χ2n) is 7.14. The number of aryl methyl sites for hydroxylation is 2. The molecule has 0 unspecified atom stereocenters. The molecule has 0 spiro atoms. The van der Waals surface area contributed by atoms with E-state index in [1.54, 1.807) is 23.0 Å². The van der Waals surface area contributed by atoms with E-state index in [9.17, 15) is 8.42 Å². The highest BCUT2D eigenvalue weighted by atomic mass is 32.2. The fourth-order valence-corrected chi connectivity index (χ4v) is 5.86. The van der Waals surface area contributed by atoms with Crippen LogP contribution in [0.15, 0.2) is 29.2 Å². The van der Waals surface area contributed by atoms with Crippen LogP contribution in [0.25, 0.3) is 0 Å². The van der Waals surface area contributed by atoms with E-state index in [0.29, 0.717) is 30.2 Å². The number of benzene rings is 1. The molecule has 0 bridgehead atoms. The van der Waals surface area contributed by atoms with Gasteiger partial charge in [-0.1, -0.05) is 18.6 Å². The minimum absolute atomic E-state index is 0.190. The maximum atomic E-state index is 13.4. The minimum atomic E-state index is -3.56. The zero-order valence-corrected chi connectivity index (χ0v) is 17.4. The fourth-order valence-electron chi connectivity index (χ4n) is 3.96. The molecule has 2 heterocycles. The number of sulfonamides is 1. The van der Waals surface area contributed by atoms with Gasteiger partial charge in [0.2, 0.25) is 10.0 Å². The lowest BCUT2D eigenvalue weighted by atomic mass is 9.94. The van der Waals surface area contributed by atoms with Gasteiger partial charge in [-0.2, -0.15) is 9.40 Å². The van der Waals surface area contributed by atoms with E-state index in [2.05, 4.69) is 5.10 Å². The van der Waals surface area contributed by atoms with Gasteiger partial charge >= 0.3 is 0 Å². The van der Waals surface area contributed by atoms with E-state index in [1.807, 2.05) is 38.1 Å². The number of hydrogen-bond donors (Lipinski definition) is 0. The molecule has 0 amide bonds. The number of methoxy groups -OCH3 is 1. The molecule has 0 saturated carbocycles. The summed E-state index contributed by atoms with van der Waals surface area (Å²) >= 11 is 0. The van der Waals surface area contributed by atoms with E-state index in [-0.39, 0.29) is 5.92 Å². The normalized spacial score (nSPS) is 19.0. The Labute approximate surface area is 162 Å². The van der Waals surface area contributed by atoms with Crippen molar-refractivity contribution in [2.75, 3.05) is 20.2 Å². The van der Waals surface area contributed by atoms with Crippen molar-refractivity contribution in [1.82, 2.24) is 14.1 Å². The summed E-state index contributed by atoms with van der Waals surface area (Å²) in [6.07, 6.45) is 2.89. The Bertz CT molecular complexity index is 888. The van der Waals surface area contributed by atoms with Gasteiger partial charge in [-0.3, -0.25) is 4.68 Å². The zero-order valence-electron chi connectivity index (χ0n) is 16.6. The van der Waals surface area contributed by atoms with Crippen LogP contribution in [0.1, 0.15) is 49.1 Å². The Balaban J connectivity index is 1.91. The van der Waals surface area contributed by atoms with E-state index in [0.717, 1.165) is 36.3 Å². The summed E-state index contributed by atoms with van der Waals surface area (Å²) in [6.45, 7) is 7.33. The van der Waals surface area contributed by atoms with Gasteiger partial charge in [0.1, 0.15) is 10.6 Å². The third-order valence-corrected chi connectivity index (χ3v) is 7.55. The maximum Gasteiger partial charge on any atom is 0.246 e. The first-order valence-electron chi connectivity index (χ1n) is 9.56. The molecule has 1 aliphatic rings. The van der Waals surface area contributed by atoms with Gasteiger partial charge in [0.25, 0.3) is 0 Å². The van der Waals surface area contributed by atoms with Gasteiger partial charge in [0.15, 0.2) is 0 Å². The topological polar surface area (TPSA) is 64.4 Å². The van der Waals surface area contributed by atoms with Crippen molar-refractivity contribution in [1.29, 1.82) is 0 Å². The molecule has 1 atom stereocenters. The van der Waals surface area contributed by atoms with Crippen LogP contribution in [0.5, 0.6) is 5.75 Å². The van der Waals surface area contributed by atoms with Gasteiger partial charge in [-0.15, -0.1) is 0 Å².